The van der Waals surface area contributed by atoms with Crippen molar-refractivity contribution in [3.63, 3.8) is 0 Å². The first-order valence-corrected chi connectivity index (χ1v) is 15.2. The maximum absolute atomic E-state index is 14.0. The molecule has 3 aromatic heterocycles. The van der Waals surface area contributed by atoms with Gasteiger partial charge in [0.2, 0.25) is 11.7 Å². The molecule has 0 bridgehead atoms. The van der Waals surface area contributed by atoms with Crippen molar-refractivity contribution in [1.29, 1.82) is 0 Å². The van der Waals surface area contributed by atoms with Gasteiger partial charge in [0.05, 0.1) is 47.0 Å². The maximum Gasteiger partial charge on any atom is 0.262 e. The number of anilines is 2. The lowest BCUT2D eigenvalue weighted by molar-refractivity contribution is 0.103. The van der Waals surface area contributed by atoms with Gasteiger partial charge >= 0.3 is 0 Å². The Morgan fingerprint density at radius 3 is 2.52 bits per heavy atom. The highest BCUT2D eigenvalue weighted by atomic mass is 32.2. The number of halogens is 2. The molecular formula is C32H26F2N6O5S. The van der Waals surface area contributed by atoms with Gasteiger partial charge in [-0.15, -0.1) is 0 Å². The Labute approximate surface area is 261 Å². The molecule has 6 aromatic rings. The molecule has 3 heterocycles. The van der Waals surface area contributed by atoms with Crippen molar-refractivity contribution in [3.05, 3.63) is 113 Å². The van der Waals surface area contributed by atoms with Gasteiger partial charge in [0.25, 0.3) is 10.0 Å². The summed E-state index contributed by atoms with van der Waals surface area (Å²) in [5.41, 5.74) is 9.09. The summed E-state index contributed by atoms with van der Waals surface area (Å²) in [5.74, 6) is -1.43. The molecule has 46 heavy (non-hydrogen) atoms. The third kappa shape index (κ3) is 5.73. The second-order valence-electron chi connectivity index (χ2n) is 10.4. The summed E-state index contributed by atoms with van der Waals surface area (Å²) in [6.07, 6.45) is 2.79. The number of aryl methyl sites for hydroxylation is 2. The fraction of sp³-hybridized carbons (Fsp3) is 0.0938. The van der Waals surface area contributed by atoms with Crippen molar-refractivity contribution < 1.29 is 31.5 Å². The van der Waals surface area contributed by atoms with E-state index in [1.165, 1.54) is 42.4 Å². The third-order valence-electron chi connectivity index (χ3n) is 7.23. The number of nitrogens with zero attached hydrogens (tertiary/aromatic N) is 3. The lowest BCUT2D eigenvalue weighted by Crippen LogP contribution is -2.14. The molecule has 0 radical (unpaired) electrons. The lowest BCUT2D eigenvalue weighted by atomic mass is 10.1. The molecule has 6 rings (SSSR count). The van der Waals surface area contributed by atoms with Gasteiger partial charge in [-0.25, -0.2) is 26.9 Å². The predicted molar refractivity (Wildman–Crippen MR) is 167 cm³/mol. The van der Waals surface area contributed by atoms with Crippen molar-refractivity contribution in [1.82, 2.24) is 19.7 Å². The van der Waals surface area contributed by atoms with E-state index < -0.39 is 27.4 Å². The number of ketones is 1. The van der Waals surface area contributed by atoms with E-state index in [1.807, 2.05) is 0 Å². The van der Waals surface area contributed by atoms with Gasteiger partial charge in [-0.05, 0) is 61.4 Å². The molecule has 0 saturated carbocycles. The number of sulfonamides is 1. The van der Waals surface area contributed by atoms with Crippen LogP contribution in [-0.2, 0) is 10.0 Å². The van der Waals surface area contributed by atoms with E-state index in [9.17, 15) is 22.0 Å². The van der Waals surface area contributed by atoms with E-state index in [0.29, 0.717) is 27.7 Å². The number of ether oxygens (including phenoxy) is 2. The topological polar surface area (TPSA) is 154 Å². The number of hydrogen-bond donors (Lipinski definition) is 3. The molecule has 0 spiro atoms. The summed E-state index contributed by atoms with van der Waals surface area (Å²) in [4.78, 5) is 20.5. The zero-order valence-electron chi connectivity index (χ0n) is 24.6. The second-order valence-corrected chi connectivity index (χ2v) is 12.1. The van der Waals surface area contributed by atoms with Gasteiger partial charge in [0.15, 0.2) is 11.6 Å². The number of carbonyl (C=O) groups is 1. The number of nitrogens with one attached hydrogen (secondary N) is 2. The number of rotatable bonds is 9. The van der Waals surface area contributed by atoms with Crippen molar-refractivity contribution in [2.24, 2.45) is 0 Å². The number of pyridine rings is 1. The van der Waals surface area contributed by atoms with Crippen LogP contribution >= 0.6 is 0 Å². The summed E-state index contributed by atoms with van der Waals surface area (Å²) in [7, 11) is -2.87. The first-order valence-electron chi connectivity index (χ1n) is 13.7. The number of fused-ring (bicyclic) bond motifs is 1. The zero-order valence-corrected chi connectivity index (χ0v) is 25.4. The fourth-order valence-corrected chi connectivity index (χ4v) is 6.02. The summed E-state index contributed by atoms with van der Waals surface area (Å²) >= 11 is 0. The minimum absolute atomic E-state index is 0.0268. The molecule has 0 amide bonds. The van der Waals surface area contributed by atoms with Crippen LogP contribution in [0, 0.1) is 25.5 Å². The summed E-state index contributed by atoms with van der Waals surface area (Å²) < 4.78 is 68.5. The van der Waals surface area contributed by atoms with Crippen LogP contribution in [0.5, 0.6) is 17.4 Å². The van der Waals surface area contributed by atoms with E-state index in [1.54, 1.807) is 50.2 Å². The van der Waals surface area contributed by atoms with Crippen molar-refractivity contribution in [3.8, 4) is 23.1 Å². The summed E-state index contributed by atoms with van der Waals surface area (Å²) in [6.45, 7) is 3.47. The number of carbonyl (C=O) groups excluding carboxylic acids is 1. The molecule has 11 nitrogen and oxygen atoms in total. The molecule has 0 aliphatic carbocycles. The number of para-hydroxylation sites is 1. The normalized spacial score (nSPS) is 11.5. The summed E-state index contributed by atoms with van der Waals surface area (Å²) in [6, 6.07) is 15.6. The second kappa shape index (κ2) is 11.6. The molecule has 0 aliphatic rings. The average Bonchev–Trinajstić information content (AvgIpc) is 3.60. The Morgan fingerprint density at radius 1 is 1.00 bits per heavy atom. The van der Waals surface area contributed by atoms with E-state index >= 15 is 0 Å². The molecule has 0 fully saturated rings. The highest BCUT2D eigenvalue weighted by Crippen LogP contribution is 2.30. The number of nitrogens with two attached hydrogens (primary N) is 1. The molecule has 0 aliphatic heterocycles. The number of nitrogen functional groups attached to an aromatic ring is 1. The lowest BCUT2D eigenvalue weighted by Gasteiger charge is -2.12. The smallest absolute Gasteiger partial charge is 0.262 e. The van der Waals surface area contributed by atoms with Crippen LogP contribution < -0.4 is 19.9 Å². The van der Waals surface area contributed by atoms with Gasteiger partial charge in [-0.2, -0.15) is 5.10 Å². The fourth-order valence-electron chi connectivity index (χ4n) is 4.85. The minimum atomic E-state index is -4.17. The maximum atomic E-state index is 14.0. The highest BCUT2D eigenvalue weighted by molar-refractivity contribution is 7.92. The minimum Gasteiger partial charge on any atom is -0.497 e. The van der Waals surface area contributed by atoms with E-state index in [0.717, 1.165) is 12.1 Å². The van der Waals surface area contributed by atoms with Crippen molar-refractivity contribution in [2.75, 3.05) is 17.6 Å². The first kappa shape index (κ1) is 30.3. The van der Waals surface area contributed by atoms with Crippen LogP contribution in [0.15, 0.2) is 84.0 Å². The highest BCUT2D eigenvalue weighted by Gasteiger charge is 2.22. The number of methoxy groups -OCH3 is 1. The zero-order chi connectivity index (χ0) is 32.7. The van der Waals surface area contributed by atoms with Crippen LogP contribution in [0.2, 0.25) is 0 Å². The van der Waals surface area contributed by atoms with Crippen molar-refractivity contribution in [2.45, 2.75) is 18.7 Å². The van der Waals surface area contributed by atoms with Gasteiger partial charge in [0.1, 0.15) is 17.4 Å². The standard InChI is InChI=1S/C32H26F2N6O5S/c1-17-8-19-10-27(38-26(19)14-25(17)39-46(42,43)22-12-20(33)11-21(13-22)44-3)31(41)23-15-37-40(32(23)35)28-16-36-30(9-18(28)2)45-29-7-5-4-6-24(29)34/h4-16,38-39H,35H2,1-3H3. The molecule has 0 unspecified atom stereocenters. The van der Waals surface area contributed by atoms with E-state index in [-0.39, 0.29) is 45.0 Å². The SMILES string of the molecule is COc1cc(F)cc(S(=O)(=O)Nc2cc3[nH]c(C(=O)c4cnn(-c5cnc(Oc6ccccc6F)cc5C)c4N)cc3cc2C)c1. The van der Waals surface area contributed by atoms with Gasteiger partial charge in [0, 0.05) is 29.1 Å². The Bertz CT molecular complexity index is 2270. The molecule has 0 saturated heterocycles. The Balaban J connectivity index is 1.25. The number of benzene rings is 3. The molecule has 14 heteroatoms. The van der Waals surface area contributed by atoms with Gasteiger partial charge in [-0.3, -0.25) is 9.52 Å². The van der Waals surface area contributed by atoms with Crippen LogP contribution in [0.4, 0.5) is 20.3 Å². The largest absolute Gasteiger partial charge is 0.497 e. The number of hydrogen-bond acceptors (Lipinski definition) is 8. The molecule has 234 valence electrons. The third-order valence-corrected chi connectivity index (χ3v) is 8.58. The number of H-pyrrole nitrogens is 1. The predicted octanol–water partition coefficient (Wildman–Crippen LogP) is 6.06. The van der Waals surface area contributed by atoms with Crippen LogP contribution in [0.3, 0.4) is 0 Å². The first-order chi connectivity index (χ1) is 21.9. The quantitative estimate of drug-likeness (QED) is 0.161. The van der Waals surface area contributed by atoms with E-state index in [4.69, 9.17) is 15.2 Å². The molecule has 0 atom stereocenters. The number of aromatic nitrogens is 4. The van der Waals surface area contributed by atoms with Gasteiger partial charge in [-0.1, -0.05) is 12.1 Å². The Kier molecular flexibility index (Phi) is 7.65. The van der Waals surface area contributed by atoms with Crippen LogP contribution in [0.1, 0.15) is 27.2 Å². The Morgan fingerprint density at radius 2 is 1.78 bits per heavy atom. The van der Waals surface area contributed by atoms with Crippen molar-refractivity contribution >= 4 is 38.2 Å². The van der Waals surface area contributed by atoms with Crippen LogP contribution in [-0.4, -0.2) is 41.1 Å². The van der Waals surface area contributed by atoms with Crippen LogP contribution in [0.25, 0.3) is 16.6 Å². The van der Waals surface area contributed by atoms with E-state index in [2.05, 4.69) is 19.8 Å². The number of aromatic amines is 1. The molecular weight excluding hydrogens is 618 g/mol. The van der Waals surface area contributed by atoms with Gasteiger partial charge < -0.3 is 20.2 Å². The Hall–Kier alpha value is -5.76. The molecule has 4 N–H and O–H groups in total. The average molecular weight is 645 g/mol. The molecule has 3 aromatic carbocycles. The monoisotopic (exact) mass is 644 g/mol. The summed E-state index contributed by atoms with van der Waals surface area (Å²) in [5, 5.41) is 4.94.